The Bertz CT molecular complexity index is 422. The zero-order valence-corrected chi connectivity index (χ0v) is 11.2. The Labute approximate surface area is 110 Å². The molecule has 2 aliphatic heterocycles. The first kappa shape index (κ1) is 11.5. The Hall–Kier alpha value is -0.590. The first-order valence-electron chi connectivity index (χ1n) is 5.88. The minimum atomic E-state index is 0.197. The number of carbonyl (C=O) groups excluding carboxylic acids is 1. The molecule has 1 aromatic heterocycles. The number of hydrogen-bond acceptors (Lipinski definition) is 5. The minimum absolute atomic E-state index is 0.197. The number of amides is 1. The fourth-order valence-corrected chi connectivity index (χ4v) is 3.66. The van der Waals surface area contributed by atoms with E-state index >= 15 is 0 Å². The standard InChI is InChI=1S/C11H15N3OS2/c15-10-3-7(6-16)5-14(10)11-13-8-1-2-12-4-9(8)17-11/h7,12,16H,1-6H2. The molecule has 0 radical (unpaired) electrons. The van der Waals surface area contributed by atoms with E-state index in [1.165, 1.54) is 10.6 Å². The van der Waals surface area contributed by atoms with E-state index in [0.29, 0.717) is 12.3 Å². The fourth-order valence-electron chi connectivity index (χ4n) is 2.32. The Morgan fingerprint density at radius 3 is 3.18 bits per heavy atom. The van der Waals surface area contributed by atoms with Gasteiger partial charge in [0.2, 0.25) is 5.91 Å². The molecule has 92 valence electrons. The fraction of sp³-hybridized carbons (Fsp3) is 0.636. The molecule has 1 fully saturated rings. The number of aromatic nitrogens is 1. The van der Waals surface area contributed by atoms with Crippen molar-refractivity contribution in [3.63, 3.8) is 0 Å². The molecule has 17 heavy (non-hydrogen) atoms. The van der Waals surface area contributed by atoms with Crippen molar-refractivity contribution in [1.29, 1.82) is 0 Å². The van der Waals surface area contributed by atoms with Gasteiger partial charge >= 0.3 is 0 Å². The summed E-state index contributed by atoms with van der Waals surface area (Å²) in [5, 5.41) is 4.21. The quantitative estimate of drug-likeness (QED) is 0.790. The summed E-state index contributed by atoms with van der Waals surface area (Å²) in [4.78, 5) is 19.6. The normalized spacial score (nSPS) is 24.2. The lowest BCUT2D eigenvalue weighted by molar-refractivity contribution is -0.117. The first-order valence-corrected chi connectivity index (χ1v) is 7.33. The molecule has 1 saturated heterocycles. The number of thiol groups is 1. The molecule has 0 aliphatic carbocycles. The number of fused-ring (bicyclic) bond motifs is 1. The van der Waals surface area contributed by atoms with Crippen LogP contribution >= 0.6 is 24.0 Å². The topological polar surface area (TPSA) is 45.2 Å². The van der Waals surface area contributed by atoms with Gasteiger partial charge in [-0.1, -0.05) is 11.3 Å². The summed E-state index contributed by atoms with van der Waals surface area (Å²) in [5.41, 5.74) is 1.17. The first-order chi connectivity index (χ1) is 8.28. The van der Waals surface area contributed by atoms with Crippen molar-refractivity contribution in [2.75, 3.05) is 23.7 Å². The van der Waals surface area contributed by atoms with Gasteiger partial charge < -0.3 is 5.32 Å². The third-order valence-corrected chi connectivity index (χ3v) is 4.92. The summed E-state index contributed by atoms with van der Waals surface area (Å²) in [7, 11) is 0. The molecule has 3 heterocycles. The average Bonchev–Trinajstić information content (AvgIpc) is 2.91. The van der Waals surface area contributed by atoms with Gasteiger partial charge in [-0.3, -0.25) is 9.69 Å². The SMILES string of the molecule is O=C1CC(CS)CN1c1nc2c(s1)CNCC2. The maximum absolute atomic E-state index is 11.9. The summed E-state index contributed by atoms with van der Waals surface area (Å²) in [6.07, 6.45) is 1.59. The van der Waals surface area contributed by atoms with Crippen molar-refractivity contribution < 1.29 is 4.79 Å². The van der Waals surface area contributed by atoms with E-state index in [4.69, 9.17) is 0 Å². The molecule has 6 heteroatoms. The Morgan fingerprint density at radius 2 is 2.47 bits per heavy atom. The van der Waals surface area contributed by atoms with Gasteiger partial charge in [0.1, 0.15) is 0 Å². The molecule has 0 saturated carbocycles. The van der Waals surface area contributed by atoms with Gasteiger partial charge in [0, 0.05) is 37.4 Å². The lowest BCUT2D eigenvalue weighted by Gasteiger charge is -2.11. The van der Waals surface area contributed by atoms with Gasteiger partial charge in [0.15, 0.2) is 5.13 Å². The van der Waals surface area contributed by atoms with Crippen molar-refractivity contribution in [3.05, 3.63) is 10.6 Å². The van der Waals surface area contributed by atoms with Crippen molar-refractivity contribution in [2.45, 2.75) is 19.4 Å². The van der Waals surface area contributed by atoms with Crippen LogP contribution in [0.15, 0.2) is 0 Å². The average molecular weight is 269 g/mol. The molecule has 1 aromatic rings. The van der Waals surface area contributed by atoms with E-state index in [2.05, 4.69) is 22.9 Å². The molecule has 0 bridgehead atoms. The van der Waals surface area contributed by atoms with Crippen LogP contribution in [-0.4, -0.2) is 29.7 Å². The molecule has 0 spiro atoms. The number of carbonyl (C=O) groups is 1. The number of nitrogens with zero attached hydrogens (tertiary/aromatic N) is 2. The molecule has 3 rings (SSSR count). The van der Waals surface area contributed by atoms with Crippen LogP contribution in [0.3, 0.4) is 0 Å². The summed E-state index contributed by atoms with van der Waals surface area (Å²) in [6.45, 7) is 2.66. The van der Waals surface area contributed by atoms with E-state index < -0.39 is 0 Å². The Morgan fingerprint density at radius 1 is 1.59 bits per heavy atom. The highest BCUT2D eigenvalue weighted by Crippen LogP contribution is 2.32. The maximum Gasteiger partial charge on any atom is 0.229 e. The molecule has 1 N–H and O–H groups in total. The monoisotopic (exact) mass is 269 g/mol. The van der Waals surface area contributed by atoms with Crippen LogP contribution in [0.1, 0.15) is 17.0 Å². The highest BCUT2D eigenvalue weighted by atomic mass is 32.1. The lowest BCUT2D eigenvalue weighted by Crippen LogP contribution is -2.24. The Balaban J connectivity index is 1.84. The van der Waals surface area contributed by atoms with Crippen LogP contribution in [0, 0.1) is 5.92 Å². The largest absolute Gasteiger partial charge is 0.311 e. The predicted octanol–water partition coefficient (Wildman–Crippen LogP) is 1.07. The van der Waals surface area contributed by atoms with Crippen LogP contribution in [0.25, 0.3) is 0 Å². The highest BCUT2D eigenvalue weighted by molar-refractivity contribution is 7.80. The van der Waals surface area contributed by atoms with Gasteiger partial charge in [-0.25, -0.2) is 4.98 Å². The van der Waals surface area contributed by atoms with E-state index in [1.807, 2.05) is 4.90 Å². The molecule has 1 amide bonds. The van der Waals surface area contributed by atoms with Gasteiger partial charge in [-0.15, -0.1) is 0 Å². The van der Waals surface area contributed by atoms with E-state index in [9.17, 15) is 4.79 Å². The second-order valence-corrected chi connectivity index (χ2v) is 5.98. The van der Waals surface area contributed by atoms with Crippen molar-refractivity contribution >= 4 is 35.0 Å². The number of thiazole rings is 1. The van der Waals surface area contributed by atoms with Crippen LogP contribution in [0.2, 0.25) is 0 Å². The molecule has 4 nitrogen and oxygen atoms in total. The van der Waals surface area contributed by atoms with Crippen molar-refractivity contribution in [2.24, 2.45) is 5.92 Å². The van der Waals surface area contributed by atoms with Crippen LogP contribution in [0.4, 0.5) is 5.13 Å². The maximum atomic E-state index is 11.9. The molecular weight excluding hydrogens is 254 g/mol. The van der Waals surface area contributed by atoms with Crippen LogP contribution in [-0.2, 0) is 17.8 Å². The second kappa shape index (κ2) is 4.59. The predicted molar refractivity (Wildman–Crippen MR) is 71.8 cm³/mol. The molecule has 1 unspecified atom stereocenters. The summed E-state index contributed by atoms with van der Waals surface area (Å²) in [5.74, 6) is 1.35. The van der Waals surface area contributed by atoms with Gasteiger partial charge in [0.05, 0.1) is 5.69 Å². The van der Waals surface area contributed by atoms with E-state index in [0.717, 1.165) is 36.9 Å². The van der Waals surface area contributed by atoms with Crippen molar-refractivity contribution in [1.82, 2.24) is 10.3 Å². The number of nitrogens with one attached hydrogen (secondary N) is 1. The van der Waals surface area contributed by atoms with Gasteiger partial charge in [0.25, 0.3) is 0 Å². The van der Waals surface area contributed by atoms with Crippen LogP contribution in [0.5, 0.6) is 0 Å². The third-order valence-electron chi connectivity index (χ3n) is 3.29. The van der Waals surface area contributed by atoms with Gasteiger partial charge in [-0.05, 0) is 11.7 Å². The Kier molecular flexibility index (Phi) is 3.10. The van der Waals surface area contributed by atoms with Gasteiger partial charge in [-0.2, -0.15) is 12.6 Å². The zero-order valence-electron chi connectivity index (χ0n) is 9.48. The second-order valence-electron chi connectivity index (χ2n) is 4.55. The number of rotatable bonds is 2. The van der Waals surface area contributed by atoms with Crippen LogP contribution < -0.4 is 10.2 Å². The molecule has 0 aromatic carbocycles. The lowest BCUT2D eigenvalue weighted by atomic mass is 10.1. The third kappa shape index (κ3) is 2.09. The highest BCUT2D eigenvalue weighted by Gasteiger charge is 2.32. The van der Waals surface area contributed by atoms with E-state index in [1.54, 1.807) is 11.3 Å². The van der Waals surface area contributed by atoms with Crippen molar-refractivity contribution in [3.8, 4) is 0 Å². The minimum Gasteiger partial charge on any atom is -0.311 e. The molecule has 1 atom stereocenters. The number of anilines is 1. The zero-order chi connectivity index (χ0) is 11.8. The van der Waals surface area contributed by atoms with E-state index in [-0.39, 0.29) is 5.91 Å². The summed E-state index contributed by atoms with van der Waals surface area (Å²) < 4.78 is 0. The molecule has 2 aliphatic rings. The number of hydrogen-bond donors (Lipinski definition) is 2. The smallest absolute Gasteiger partial charge is 0.229 e. The molecular formula is C11H15N3OS2. The summed E-state index contributed by atoms with van der Waals surface area (Å²) >= 11 is 5.93. The summed E-state index contributed by atoms with van der Waals surface area (Å²) in [6, 6.07) is 0.